The highest BCUT2D eigenvalue weighted by Gasteiger charge is 2.24. The summed E-state index contributed by atoms with van der Waals surface area (Å²) in [5.74, 6) is -0.833. The van der Waals surface area contributed by atoms with Gasteiger partial charge in [0.25, 0.3) is 10.0 Å². The second kappa shape index (κ2) is 11.1. The van der Waals surface area contributed by atoms with Crippen LogP contribution in [0, 0.1) is 5.82 Å². The average Bonchev–Trinajstić information content (AvgIpc) is 3.17. The topological polar surface area (TPSA) is 107 Å². The molecule has 33 heavy (non-hydrogen) atoms. The lowest BCUT2D eigenvalue weighted by molar-refractivity contribution is 0.217. The number of ether oxygens (including phenoxy) is 1. The molecule has 0 saturated carbocycles. The van der Waals surface area contributed by atoms with E-state index in [0.29, 0.717) is 12.1 Å². The molecule has 0 aliphatic carbocycles. The number of rotatable bonds is 10. The highest BCUT2D eigenvalue weighted by Crippen LogP contribution is 2.30. The van der Waals surface area contributed by atoms with Crippen LogP contribution in [0.1, 0.15) is 5.56 Å². The van der Waals surface area contributed by atoms with Crippen molar-refractivity contribution >= 4 is 38.1 Å². The fourth-order valence-corrected chi connectivity index (χ4v) is 5.53. The Morgan fingerprint density at radius 1 is 1.03 bits per heavy atom. The normalized spacial score (nSPS) is 11.7. The zero-order valence-electron chi connectivity index (χ0n) is 18.0. The van der Waals surface area contributed by atoms with Gasteiger partial charge in [-0.2, -0.15) is 0 Å². The highest BCUT2D eigenvalue weighted by atomic mass is 35.5. The molecule has 8 nitrogen and oxygen atoms in total. The summed E-state index contributed by atoms with van der Waals surface area (Å²) < 4.78 is 73.9. The molecule has 0 aliphatic rings. The van der Waals surface area contributed by atoms with Crippen LogP contribution in [-0.2, 0) is 31.3 Å². The third-order valence-corrected chi connectivity index (χ3v) is 7.51. The Morgan fingerprint density at radius 2 is 1.76 bits per heavy atom. The van der Waals surface area contributed by atoms with Crippen LogP contribution in [0.25, 0.3) is 11.3 Å². The molecule has 0 amide bonds. The zero-order chi connectivity index (χ0) is 23.4. The minimum Gasteiger partial charge on any atom is -0.384 e. The number of nitrogens with zero attached hydrogens (tertiary/aromatic N) is 1. The van der Waals surface area contributed by atoms with Gasteiger partial charge < -0.3 is 10.1 Å². The summed E-state index contributed by atoms with van der Waals surface area (Å²) in [6, 6.07) is 13.0. The minimum atomic E-state index is -4.16. The lowest BCUT2D eigenvalue weighted by Gasteiger charge is -2.13. The molecule has 0 unspecified atom stereocenters. The Bertz CT molecular complexity index is 1310. The van der Waals surface area contributed by atoms with Gasteiger partial charge in [0.1, 0.15) is 5.82 Å². The van der Waals surface area contributed by atoms with Gasteiger partial charge in [-0.3, -0.25) is 4.72 Å². The lowest BCUT2D eigenvalue weighted by Crippen LogP contribution is -2.20. The molecule has 3 rings (SSSR count). The number of anilines is 1. The largest absolute Gasteiger partial charge is 0.384 e. The van der Waals surface area contributed by atoms with Crippen molar-refractivity contribution in [1.82, 2.24) is 9.29 Å². The van der Waals surface area contributed by atoms with Gasteiger partial charge in [-0.15, -0.1) is 12.4 Å². The van der Waals surface area contributed by atoms with Crippen LogP contribution in [0.5, 0.6) is 0 Å². The van der Waals surface area contributed by atoms with Crippen molar-refractivity contribution in [1.29, 1.82) is 0 Å². The second-order valence-electron chi connectivity index (χ2n) is 6.99. The predicted octanol–water partition coefficient (Wildman–Crippen LogP) is 3.06. The van der Waals surface area contributed by atoms with Crippen molar-refractivity contribution in [3.63, 3.8) is 0 Å². The number of methoxy groups -OCH3 is 1. The van der Waals surface area contributed by atoms with Crippen LogP contribution in [0.3, 0.4) is 0 Å². The van der Waals surface area contributed by atoms with Gasteiger partial charge in [0, 0.05) is 31.1 Å². The molecular formula is C21H25ClFN3O5S2. The highest BCUT2D eigenvalue weighted by molar-refractivity contribution is 7.92. The van der Waals surface area contributed by atoms with Gasteiger partial charge in [-0.1, -0.05) is 18.2 Å². The Balaban J connectivity index is 0.00000385. The smallest absolute Gasteiger partial charge is 0.268 e. The van der Waals surface area contributed by atoms with Gasteiger partial charge in [0.2, 0.25) is 10.0 Å². The summed E-state index contributed by atoms with van der Waals surface area (Å²) >= 11 is 0. The van der Waals surface area contributed by atoms with E-state index in [1.165, 1.54) is 55.8 Å². The van der Waals surface area contributed by atoms with Gasteiger partial charge in [-0.25, -0.2) is 25.2 Å². The zero-order valence-corrected chi connectivity index (χ0v) is 20.4. The van der Waals surface area contributed by atoms with Gasteiger partial charge >= 0.3 is 0 Å². The second-order valence-corrected chi connectivity index (χ2v) is 10.6. The van der Waals surface area contributed by atoms with Crippen LogP contribution >= 0.6 is 12.4 Å². The van der Waals surface area contributed by atoms with Crippen LogP contribution in [0.15, 0.2) is 65.7 Å². The number of benzene rings is 2. The SMILES string of the molecule is CNCc1cc(-c2ccccc2F)n(S(=O)(=O)c2cccc(NS(=O)(=O)CCOC)c2)c1.Cl. The predicted molar refractivity (Wildman–Crippen MR) is 128 cm³/mol. The minimum absolute atomic E-state index is 0. The first kappa shape index (κ1) is 26.8. The molecule has 180 valence electrons. The summed E-state index contributed by atoms with van der Waals surface area (Å²) in [5, 5.41) is 2.94. The van der Waals surface area contributed by atoms with E-state index in [2.05, 4.69) is 10.0 Å². The van der Waals surface area contributed by atoms with Crippen LogP contribution in [-0.4, -0.2) is 47.3 Å². The Labute approximate surface area is 199 Å². The van der Waals surface area contributed by atoms with E-state index >= 15 is 0 Å². The van der Waals surface area contributed by atoms with E-state index < -0.39 is 25.9 Å². The Morgan fingerprint density at radius 3 is 2.42 bits per heavy atom. The van der Waals surface area contributed by atoms with Crippen molar-refractivity contribution < 1.29 is 26.0 Å². The number of hydrogen-bond acceptors (Lipinski definition) is 6. The number of nitrogens with one attached hydrogen (secondary N) is 2. The van der Waals surface area contributed by atoms with E-state index in [-0.39, 0.29) is 46.6 Å². The Kier molecular flexibility index (Phi) is 9.04. The van der Waals surface area contributed by atoms with Crippen LogP contribution in [0.4, 0.5) is 10.1 Å². The van der Waals surface area contributed by atoms with Gasteiger partial charge in [-0.05, 0) is 49.0 Å². The van der Waals surface area contributed by atoms with Gasteiger partial charge in [0.15, 0.2) is 0 Å². The summed E-state index contributed by atoms with van der Waals surface area (Å²) in [5.41, 5.74) is 1.04. The van der Waals surface area contributed by atoms with E-state index in [0.717, 1.165) is 3.97 Å². The molecule has 0 radical (unpaired) electrons. The number of hydrogen-bond donors (Lipinski definition) is 2. The fourth-order valence-electron chi connectivity index (χ4n) is 3.12. The lowest BCUT2D eigenvalue weighted by atomic mass is 10.1. The third kappa shape index (κ3) is 6.33. The van der Waals surface area contributed by atoms with Crippen molar-refractivity contribution in [2.24, 2.45) is 0 Å². The molecule has 0 bridgehead atoms. The molecule has 12 heteroatoms. The maximum atomic E-state index is 14.5. The van der Waals surface area contributed by atoms with Crippen molar-refractivity contribution in [2.45, 2.75) is 11.4 Å². The Hall–Kier alpha value is -2.44. The standard InChI is InChI=1S/C21H24FN3O5S2.ClH/c1-23-14-16-12-21(19-8-3-4-9-20(19)22)25(15-16)32(28,29)18-7-5-6-17(13-18)24-31(26,27)11-10-30-2;/h3-9,12-13,15,23-24H,10-11,14H2,1-2H3;1H. The maximum absolute atomic E-state index is 14.5. The molecule has 0 aliphatic heterocycles. The summed E-state index contributed by atoms with van der Waals surface area (Å²) in [7, 11) is -4.78. The molecule has 0 saturated heterocycles. The molecule has 1 heterocycles. The van der Waals surface area contributed by atoms with E-state index in [1.54, 1.807) is 19.2 Å². The monoisotopic (exact) mass is 517 g/mol. The van der Waals surface area contributed by atoms with Crippen molar-refractivity contribution in [3.05, 3.63) is 72.2 Å². The van der Waals surface area contributed by atoms with E-state index in [4.69, 9.17) is 4.74 Å². The van der Waals surface area contributed by atoms with E-state index in [9.17, 15) is 21.2 Å². The quantitative estimate of drug-likeness (QED) is 0.428. The summed E-state index contributed by atoms with van der Waals surface area (Å²) in [6.07, 6.45) is 1.42. The number of aromatic nitrogens is 1. The first-order chi connectivity index (χ1) is 15.2. The first-order valence-electron chi connectivity index (χ1n) is 9.64. The molecule has 2 aromatic carbocycles. The fraction of sp³-hybridized carbons (Fsp3) is 0.238. The first-order valence-corrected chi connectivity index (χ1v) is 12.7. The van der Waals surface area contributed by atoms with Crippen LogP contribution < -0.4 is 10.0 Å². The molecule has 3 aromatic rings. The third-order valence-electron chi connectivity index (χ3n) is 4.59. The average molecular weight is 518 g/mol. The van der Waals surface area contributed by atoms with E-state index in [1.807, 2.05) is 0 Å². The molecule has 0 atom stereocenters. The summed E-state index contributed by atoms with van der Waals surface area (Å²) in [6.45, 7) is 0.375. The van der Waals surface area contributed by atoms with Crippen molar-refractivity contribution in [2.75, 3.05) is 31.2 Å². The molecule has 0 spiro atoms. The number of halogens is 2. The molecule has 1 aromatic heterocycles. The van der Waals surface area contributed by atoms with Crippen LogP contribution in [0.2, 0.25) is 0 Å². The molecule has 0 fully saturated rings. The maximum Gasteiger partial charge on any atom is 0.268 e. The molecular weight excluding hydrogens is 493 g/mol. The van der Waals surface area contributed by atoms with Gasteiger partial charge in [0.05, 0.1) is 22.9 Å². The molecule has 2 N–H and O–H groups in total. The number of sulfonamides is 1. The van der Waals surface area contributed by atoms with Crippen molar-refractivity contribution in [3.8, 4) is 11.3 Å². The summed E-state index contributed by atoms with van der Waals surface area (Å²) in [4.78, 5) is -0.145.